The lowest BCUT2D eigenvalue weighted by Gasteiger charge is -2.24. The van der Waals surface area contributed by atoms with Gasteiger partial charge in [0.05, 0.1) is 5.52 Å². The molecular formula is C16H23N3. The van der Waals surface area contributed by atoms with Crippen LogP contribution in [0.3, 0.4) is 0 Å². The zero-order valence-corrected chi connectivity index (χ0v) is 12.1. The standard InChI is InChI=1S/C16H23N3/c1-11-6-12(2)16-15(7-11)13(10-19(16)3)8-14-9-17-4-5-18-14/h6-7,10,14,17-18H,4-5,8-9H2,1-3H3. The van der Waals surface area contributed by atoms with Gasteiger partial charge in [-0.05, 0) is 37.5 Å². The van der Waals surface area contributed by atoms with E-state index in [4.69, 9.17) is 0 Å². The third kappa shape index (κ3) is 2.40. The third-order valence-corrected chi connectivity index (χ3v) is 4.08. The Morgan fingerprint density at radius 3 is 2.84 bits per heavy atom. The second-order valence-corrected chi connectivity index (χ2v) is 5.80. The fraction of sp³-hybridized carbons (Fsp3) is 0.500. The summed E-state index contributed by atoms with van der Waals surface area (Å²) in [4.78, 5) is 0. The minimum Gasteiger partial charge on any atom is -0.350 e. The Morgan fingerprint density at radius 2 is 2.11 bits per heavy atom. The second kappa shape index (κ2) is 4.99. The molecule has 0 aliphatic carbocycles. The number of hydrogen-bond acceptors (Lipinski definition) is 2. The van der Waals surface area contributed by atoms with Crippen LogP contribution in [-0.2, 0) is 13.5 Å². The molecule has 1 atom stereocenters. The van der Waals surface area contributed by atoms with Crippen LogP contribution in [0, 0.1) is 13.8 Å². The van der Waals surface area contributed by atoms with Crippen molar-refractivity contribution in [3.05, 3.63) is 35.0 Å². The van der Waals surface area contributed by atoms with Gasteiger partial charge in [0, 0.05) is 44.3 Å². The van der Waals surface area contributed by atoms with E-state index in [2.05, 4.69) is 54.4 Å². The van der Waals surface area contributed by atoms with Crippen LogP contribution in [0.25, 0.3) is 10.9 Å². The monoisotopic (exact) mass is 257 g/mol. The molecule has 102 valence electrons. The first-order valence-corrected chi connectivity index (χ1v) is 7.14. The lowest BCUT2D eigenvalue weighted by Crippen LogP contribution is -2.49. The Balaban J connectivity index is 1.99. The largest absolute Gasteiger partial charge is 0.350 e. The zero-order valence-electron chi connectivity index (χ0n) is 12.1. The van der Waals surface area contributed by atoms with Gasteiger partial charge >= 0.3 is 0 Å². The zero-order chi connectivity index (χ0) is 13.4. The summed E-state index contributed by atoms with van der Waals surface area (Å²) < 4.78 is 2.27. The number of aromatic nitrogens is 1. The highest BCUT2D eigenvalue weighted by atomic mass is 15.1. The van der Waals surface area contributed by atoms with Crippen LogP contribution in [0.2, 0.25) is 0 Å². The van der Waals surface area contributed by atoms with Crippen LogP contribution in [0.1, 0.15) is 16.7 Å². The molecule has 1 aliphatic rings. The normalized spacial score (nSPS) is 20.1. The van der Waals surface area contributed by atoms with E-state index in [9.17, 15) is 0 Å². The van der Waals surface area contributed by atoms with Gasteiger partial charge < -0.3 is 15.2 Å². The molecule has 1 fully saturated rings. The van der Waals surface area contributed by atoms with Gasteiger partial charge in [-0.1, -0.05) is 11.6 Å². The fourth-order valence-corrected chi connectivity index (χ4v) is 3.33. The first kappa shape index (κ1) is 12.7. The SMILES string of the molecule is Cc1cc(C)c2c(c1)c(CC1CNCCN1)cn2C. The predicted octanol–water partition coefficient (Wildman–Crippen LogP) is 1.90. The summed E-state index contributed by atoms with van der Waals surface area (Å²) in [6, 6.07) is 5.15. The number of benzene rings is 1. The molecule has 0 bridgehead atoms. The summed E-state index contributed by atoms with van der Waals surface area (Å²) in [5, 5.41) is 8.49. The van der Waals surface area contributed by atoms with E-state index in [-0.39, 0.29) is 0 Å². The minimum absolute atomic E-state index is 0.556. The molecule has 0 spiro atoms. The van der Waals surface area contributed by atoms with E-state index in [1.54, 1.807) is 0 Å². The first-order valence-electron chi connectivity index (χ1n) is 7.14. The van der Waals surface area contributed by atoms with Crippen LogP contribution >= 0.6 is 0 Å². The van der Waals surface area contributed by atoms with Crippen molar-refractivity contribution in [2.24, 2.45) is 7.05 Å². The van der Waals surface area contributed by atoms with E-state index in [1.165, 1.54) is 27.6 Å². The van der Waals surface area contributed by atoms with Crippen LogP contribution in [0.5, 0.6) is 0 Å². The molecular weight excluding hydrogens is 234 g/mol. The third-order valence-electron chi connectivity index (χ3n) is 4.08. The number of fused-ring (bicyclic) bond motifs is 1. The smallest absolute Gasteiger partial charge is 0.0510 e. The summed E-state index contributed by atoms with van der Waals surface area (Å²) in [6.45, 7) is 7.63. The summed E-state index contributed by atoms with van der Waals surface area (Å²) in [6.07, 6.45) is 3.40. The van der Waals surface area contributed by atoms with Crippen LogP contribution in [0.15, 0.2) is 18.3 Å². The van der Waals surface area contributed by atoms with Crippen molar-refractivity contribution in [1.29, 1.82) is 0 Å². The topological polar surface area (TPSA) is 29.0 Å². The molecule has 1 unspecified atom stereocenters. The van der Waals surface area contributed by atoms with Crippen molar-refractivity contribution in [2.75, 3.05) is 19.6 Å². The van der Waals surface area contributed by atoms with Crippen molar-refractivity contribution in [3.8, 4) is 0 Å². The second-order valence-electron chi connectivity index (χ2n) is 5.80. The average Bonchev–Trinajstić information content (AvgIpc) is 2.67. The molecule has 1 saturated heterocycles. The highest BCUT2D eigenvalue weighted by Gasteiger charge is 2.16. The number of rotatable bonds is 2. The van der Waals surface area contributed by atoms with E-state index in [1.807, 2.05) is 0 Å². The molecule has 1 aromatic carbocycles. The Morgan fingerprint density at radius 1 is 1.26 bits per heavy atom. The van der Waals surface area contributed by atoms with Gasteiger partial charge in [0.1, 0.15) is 0 Å². The van der Waals surface area contributed by atoms with Crippen LogP contribution in [-0.4, -0.2) is 30.2 Å². The molecule has 1 aromatic heterocycles. The molecule has 2 N–H and O–H groups in total. The Kier molecular flexibility index (Phi) is 3.33. The van der Waals surface area contributed by atoms with Gasteiger partial charge in [-0.15, -0.1) is 0 Å². The van der Waals surface area contributed by atoms with Gasteiger partial charge in [0.25, 0.3) is 0 Å². The lowest BCUT2D eigenvalue weighted by molar-refractivity contribution is 0.417. The molecule has 3 heteroatoms. The minimum atomic E-state index is 0.556. The van der Waals surface area contributed by atoms with Crippen molar-refractivity contribution >= 4 is 10.9 Å². The highest BCUT2D eigenvalue weighted by molar-refractivity contribution is 5.87. The number of piperazine rings is 1. The molecule has 19 heavy (non-hydrogen) atoms. The van der Waals surface area contributed by atoms with Gasteiger partial charge in [-0.3, -0.25) is 0 Å². The quantitative estimate of drug-likeness (QED) is 0.860. The van der Waals surface area contributed by atoms with Crippen molar-refractivity contribution in [2.45, 2.75) is 26.3 Å². The fourth-order valence-electron chi connectivity index (χ4n) is 3.33. The number of nitrogens with zero attached hydrogens (tertiary/aromatic N) is 1. The number of aryl methyl sites for hydroxylation is 3. The molecule has 3 nitrogen and oxygen atoms in total. The maximum atomic E-state index is 3.60. The summed E-state index contributed by atoms with van der Waals surface area (Å²) >= 11 is 0. The molecule has 2 heterocycles. The molecule has 0 saturated carbocycles. The molecule has 3 rings (SSSR count). The van der Waals surface area contributed by atoms with Gasteiger partial charge in [0.15, 0.2) is 0 Å². The van der Waals surface area contributed by atoms with E-state index in [0.717, 1.165) is 26.1 Å². The van der Waals surface area contributed by atoms with Crippen LogP contribution in [0.4, 0.5) is 0 Å². The summed E-state index contributed by atoms with van der Waals surface area (Å²) in [5.41, 5.74) is 5.57. The Bertz CT molecular complexity index is 592. The van der Waals surface area contributed by atoms with Gasteiger partial charge in [-0.25, -0.2) is 0 Å². The number of nitrogens with one attached hydrogen (secondary N) is 2. The number of hydrogen-bond donors (Lipinski definition) is 2. The van der Waals surface area contributed by atoms with Gasteiger partial charge in [-0.2, -0.15) is 0 Å². The van der Waals surface area contributed by atoms with Crippen LogP contribution < -0.4 is 10.6 Å². The van der Waals surface area contributed by atoms with Gasteiger partial charge in [0.2, 0.25) is 0 Å². The Hall–Kier alpha value is -1.32. The van der Waals surface area contributed by atoms with E-state index < -0.39 is 0 Å². The van der Waals surface area contributed by atoms with Crippen molar-refractivity contribution < 1.29 is 0 Å². The molecule has 2 aromatic rings. The van der Waals surface area contributed by atoms with Crippen molar-refractivity contribution in [1.82, 2.24) is 15.2 Å². The first-order chi connectivity index (χ1) is 9.15. The maximum Gasteiger partial charge on any atom is 0.0510 e. The predicted molar refractivity (Wildman–Crippen MR) is 80.8 cm³/mol. The summed E-state index contributed by atoms with van der Waals surface area (Å²) in [5.74, 6) is 0. The lowest BCUT2D eigenvalue weighted by atomic mass is 10.0. The summed E-state index contributed by atoms with van der Waals surface area (Å²) in [7, 11) is 2.15. The van der Waals surface area contributed by atoms with Crippen molar-refractivity contribution in [3.63, 3.8) is 0 Å². The average molecular weight is 257 g/mol. The highest BCUT2D eigenvalue weighted by Crippen LogP contribution is 2.26. The van der Waals surface area contributed by atoms with E-state index >= 15 is 0 Å². The Labute approximate surface area is 115 Å². The maximum absolute atomic E-state index is 3.60. The molecule has 1 aliphatic heterocycles. The van der Waals surface area contributed by atoms with E-state index in [0.29, 0.717) is 6.04 Å². The molecule has 0 amide bonds. The molecule has 0 radical (unpaired) electrons.